The van der Waals surface area contributed by atoms with Crippen LogP contribution in [0.5, 0.6) is 0 Å². The van der Waals surface area contributed by atoms with Crippen LogP contribution in [0.4, 0.5) is 24.5 Å². The number of thiocarbonyl (C=S) groups is 1. The van der Waals surface area contributed by atoms with Gasteiger partial charge in [0.2, 0.25) is 0 Å². The van der Waals surface area contributed by atoms with Crippen molar-refractivity contribution >= 4 is 63.3 Å². The van der Waals surface area contributed by atoms with Crippen LogP contribution in [0.1, 0.15) is 11.3 Å². The third-order valence-corrected chi connectivity index (χ3v) is 6.17. The number of rotatable bonds is 4. The van der Waals surface area contributed by atoms with Crippen LogP contribution in [-0.2, 0) is 11.0 Å². The maximum absolute atomic E-state index is 13.0. The van der Waals surface area contributed by atoms with E-state index in [-0.39, 0.29) is 31.4 Å². The Hall–Kier alpha value is -3.15. The molecule has 0 unspecified atom stereocenters. The molecule has 0 bridgehead atoms. The highest BCUT2D eigenvalue weighted by atomic mass is 35.5. The molecule has 2 heterocycles. The van der Waals surface area contributed by atoms with E-state index in [9.17, 15) is 28.1 Å². The molecule has 0 saturated carbocycles. The van der Waals surface area contributed by atoms with Crippen molar-refractivity contribution in [2.75, 3.05) is 4.90 Å². The summed E-state index contributed by atoms with van der Waals surface area (Å²) in [6.45, 7) is 0. The Bertz CT molecular complexity index is 1340. The number of furan rings is 1. The molecule has 0 spiro atoms. The van der Waals surface area contributed by atoms with Gasteiger partial charge in [-0.2, -0.15) is 13.2 Å². The van der Waals surface area contributed by atoms with Gasteiger partial charge in [0.25, 0.3) is 11.6 Å². The molecule has 0 atom stereocenters. The van der Waals surface area contributed by atoms with Gasteiger partial charge in [-0.1, -0.05) is 41.6 Å². The van der Waals surface area contributed by atoms with Gasteiger partial charge in [-0.05, 0) is 42.5 Å². The van der Waals surface area contributed by atoms with E-state index in [1.54, 1.807) is 18.2 Å². The first-order chi connectivity index (χ1) is 15.5. The second-order valence-corrected chi connectivity index (χ2v) is 8.77. The molecule has 1 aliphatic heterocycles. The van der Waals surface area contributed by atoms with Gasteiger partial charge < -0.3 is 4.42 Å². The highest BCUT2D eigenvalue weighted by Gasteiger charge is 2.36. The largest absolute Gasteiger partial charge is 0.457 e. The van der Waals surface area contributed by atoms with E-state index in [0.29, 0.717) is 11.3 Å². The number of thioether (sulfide) groups is 1. The van der Waals surface area contributed by atoms with E-state index in [2.05, 4.69) is 0 Å². The number of hydrogen-bond acceptors (Lipinski definition) is 6. The van der Waals surface area contributed by atoms with E-state index >= 15 is 0 Å². The van der Waals surface area contributed by atoms with Crippen molar-refractivity contribution < 1.29 is 27.3 Å². The van der Waals surface area contributed by atoms with Crippen LogP contribution >= 0.6 is 35.6 Å². The Morgan fingerprint density at radius 1 is 1.15 bits per heavy atom. The average Bonchev–Trinajstić information content (AvgIpc) is 3.32. The smallest absolute Gasteiger partial charge is 0.416 e. The number of nitro benzene ring substituents is 1. The number of nitro groups is 1. The molecule has 0 N–H and O–H groups in total. The molecule has 33 heavy (non-hydrogen) atoms. The van der Waals surface area contributed by atoms with Gasteiger partial charge in [0.1, 0.15) is 16.5 Å². The van der Waals surface area contributed by atoms with E-state index in [4.69, 9.17) is 28.2 Å². The van der Waals surface area contributed by atoms with Crippen molar-refractivity contribution in [2.24, 2.45) is 0 Å². The van der Waals surface area contributed by atoms with E-state index in [1.165, 1.54) is 30.3 Å². The van der Waals surface area contributed by atoms with Gasteiger partial charge in [-0.15, -0.1) is 0 Å². The fourth-order valence-corrected chi connectivity index (χ4v) is 4.50. The van der Waals surface area contributed by atoms with E-state index < -0.39 is 22.6 Å². The van der Waals surface area contributed by atoms with Crippen molar-refractivity contribution in [3.8, 4) is 11.3 Å². The fourth-order valence-electron chi connectivity index (χ4n) is 3.03. The van der Waals surface area contributed by atoms with Gasteiger partial charge in [-0.25, -0.2) is 0 Å². The molecule has 12 heteroatoms. The Labute approximate surface area is 198 Å². The molecule has 1 saturated heterocycles. The number of nitrogens with zero attached hydrogens (tertiary/aromatic N) is 2. The maximum atomic E-state index is 13.0. The molecule has 168 valence electrons. The molecule has 0 radical (unpaired) electrons. The molecule has 1 fully saturated rings. The summed E-state index contributed by atoms with van der Waals surface area (Å²) in [7, 11) is 0. The number of carbonyl (C=O) groups is 1. The van der Waals surface area contributed by atoms with Crippen molar-refractivity contribution in [2.45, 2.75) is 6.18 Å². The zero-order valence-corrected chi connectivity index (χ0v) is 18.5. The summed E-state index contributed by atoms with van der Waals surface area (Å²) in [5.41, 5.74) is -0.772. The predicted molar refractivity (Wildman–Crippen MR) is 123 cm³/mol. The number of anilines is 1. The Balaban J connectivity index is 1.61. The Morgan fingerprint density at radius 3 is 2.61 bits per heavy atom. The number of amides is 1. The van der Waals surface area contributed by atoms with Crippen LogP contribution < -0.4 is 4.90 Å². The van der Waals surface area contributed by atoms with Gasteiger partial charge >= 0.3 is 6.18 Å². The van der Waals surface area contributed by atoms with Crippen LogP contribution in [0.2, 0.25) is 5.02 Å². The van der Waals surface area contributed by atoms with Crippen LogP contribution in [0.3, 0.4) is 0 Å². The Kier molecular flexibility index (Phi) is 6.04. The normalized spacial score (nSPS) is 15.5. The molecule has 6 nitrogen and oxygen atoms in total. The first-order valence-electron chi connectivity index (χ1n) is 9.04. The fraction of sp³-hybridized carbons (Fsp3) is 0.0476. The zero-order chi connectivity index (χ0) is 23.9. The van der Waals surface area contributed by atoms with Gasteiger partial charge in [0.15, 0.2) is 4.32 Å². The van der Waals surface area contributed by atoms with Crippen LogP contribution in [0.25, 0.3) is 17.4 Å². The maximum Gasteiger partial charge on any atom is 0.416 e. The average molecular weight is 511 g/mol. The van der Waals surface area contributed by atoms with Crippen molar-refractivity contribution in [3.63, 3.8) is 0 Å². The SMILES string of the molecule is O=C1C(=Cc2ccc(-c3ccc(Cl)c([N+](=O)[O-])c3)o2)SC(=S)N1c1cccc(C(F)(F)F)c1. The first kappa shape index (κ1) is 23.0. The lowest BCUT2D eigenvalue weighted by atomic mass is 10.1. The molecule has 1 aromatic heterocycles. The van der Waals surface area contributed by atoms with Crippen molar-refractivity contribution in [1.29, 1.82) is 0 Å². The van der Waals surface area contributed by atoms with Crippen LogP contribution in [0, 0.1) is 10.1 Å². The zero-order valence-electron chi connectivity index (χ0n) is 16.1. The first-order valence-corrected chi connectivity index (χ1v) is 10.6. The lowest BCUT2D eigenvalue weighted by Gasteiger charge is -2.16. The lowest BCUT2D eigenvalue weighted by Crippen LogP contribution is -2.27. The Morgan fingerprint density at radius 2 is 1.91 bits per heavy atom. The standard InChI is InChI=1S/C21H10ClF3N2O4S2/c22-15-6-4-11(8-16(15)27(29)30)17-7-5-14(31-17)10-18-19(28)26(20(32)33-18)13-3-1-2-12(9-13)21(23,24)25/h1-10H. The minimum Gasteiger partial charge on any atom is -0.457 e. The summed E-state index contributed by atoms with van der Waals surface area (Å²) in [5.74, 6) is -0.0362. The summed E-state index contributed by atoms with van der Waals surface area (Å²) in [6, 6.07) is 11.6. The molecule has 1 amide bonds. The molecule has 3 aromatic rings. The highest BCUT2D eigenvalue weighted by molar-refractivity contribution is 8.27. The molecular weight excluding hydrogens is 501 g/mol. The number of benzene rings is 2. The monoisotopic (exact) mass is 510 g/mol. The highest BCUT2D eigenvalue weighted by Crippen LogP contribution is 2.39. The minimum absolute atomic E-state index is 0.00401. The lowest BCUT2D eigenvalue weighted by molar-refractivity contribution is -0.384. The molecule has 1 aliphatic rings. The topological polar surface area (TPSA) is 76.6 Å². The van der Waals surface area contributed by atoms with Crippen molar-refractivity contribution in [3.05, 3.63) is 86.0 Å². The van der Waals surface area contributed by atoms with Gasteiger partial charge in [0.05, 0.1) is 21.1 Å². The second kappa shape index (κ2) is 8.65. The number of hydrogen-bond donors (Lipinski definition) is 0. The van der Waals surface area contributed by atoms with E-state index in [0.717, 1.165) is 28.8 Å². The summed E-state index contributed by atoms with van der Waals surface area (Å²) in [5, 5.41) is 11.1. The summed E-state index contributed by atoms with van der Waals surface area (Å²) >= 11 is 11.9. The summed E-state index contributed by atoms with van der Waals surface area (Å²) < 4.78 is 44.9. The minimum atomic E-state index is -4.56. The number of alkyl halides is 3. The summed E-state index contributed by atoms with van der Waals surface area (Å²) in [4.78, 5) is 24.5. The molecule has 4 rings (SSSR count). The summed E-state index contributed by atoms with van der Waals surface area (Å²) in [6.07, 6.45) is -3.16. The number of carbonyl (C=O) groups excluding carboxylic acids is 1. The van der Waals surface area contributed by atoms with Crippen LogP contribution in [0.15, 0.2) is 63.9 Å². The van der Waals surface area contributed by atoms with Gasteiger partial charge in [-0.3, -0.25) is 19.8 Å². The van der Waals surface area contributed by atoms with Crippen molar-refractivity contribution in [1.82, 2.24) is 0 Å². The van der Waals surface area contributed by atoms with E-state index in [1.807, 2.05) is 0 Å². The second-order valence-electron chi connectivity index (χ2n) is 6.69. The number of halogens is 4. The van der Waals surface area contributed by atoms with Crippen LogP contribution in [-0.4, -0.2) is 15.2 Å². The predicted octanol–water partition coefficient (Wildman–Crippen LogP) is 6.93. The van der Waals surface area contributed by atoms with Gasteiger partial charge in [0, 0.05) is 17.7 Å². The third-order valence-electron chi connectivity index (χ3n) is 4.55. The molecule has 2 aromatic carbocycles. The molecule has 0 aliphatic carbocycles. The molecular formula is C21H10ClF3N2O4S2. The quantitative estimate of drug-likeness (QED) is 0.164. The third kappa shape index (κ3) is 4.65.